The van der Waals surface area contributed by atoms with Crippen LogP contribution < -0.4 is 10.1 Å². The molecule has 1 aromatic heterocycles. The highest BCUT2D eigenvalue weighted by Gasteiger charge is 2.60. The molecule has 4 aliphatic rings. The molecule has 0 saturated heterocycles. The number of thiazole rings is 1. The summed E-state index contributed by atoms with van der Waals surface area (Å²) in [6.45, 7) is 2.61. The highest BCUT2D eigenvalue weighted by atomic mass is 35.5. The first-order valence-corrected chi connectivity index (χ1v) is 10.7. The second-order valence-electron chi connectivity index (χ2n) is 8.43. The predicted molar refractivity (Wildman–Crippen MR) is 105 cm³/mol. The lowest BCUT2D eigenvalue weighted by Gasteiger charge is -2.59. The lowest BCUT2D eigenvalue weighted by Crippen LogP contribution is -2.57. The lowest BCUT2D eigenvalue weighted by molar-refractivity contribution is -0.138. The van der Waals surface area contributed by atoms with Gasteiger partial charge in [-0.1, -0.05) is 11.3 Å². The number of carbonyl (C=O) groups is 1. The van der Waals surface area contributed by atoms with Gasteiger partial charge < -0.3 is 10.1 Å². The quantitative estimate of drug-likeness (QED) is 0.729. The Bertz CT molecular complexity index is 866. The van der Waals surface area contributed by atoms with Crippen molar-refractivity contribution in [1.82, 2.24) is 4.98 Å². The van der Waals surface area contributed by atoms with E-state index in [2.05, 4.69) is 10.3 Å². The molecule has 4 saturated carbocycles. The van der Waals surface area contributed by atoms with Crippen molar-refractivity contribution >= 4 is 44.2 Å². The van der Waals surface area contributed by atoms with Crippen LogP contribution in [0.15, 0.2) is 18.2 Å². The van der Waals surface area contributed by atoms with E-state index in [1.807, 2.05) is 25.1 Å². The van der Waals surface area contributed by atoms with E-state index in [0.717, 1.165) is 48.1 Å². The molecule has 0 radical (unpaired) electrons. The Morgan fingerprint density at radius 2 is 2.12 bits per heavy atom. The average Bonchev–Trinajstić information content (AvgIpc) is 2.94. The van der Waals surface area contributed by atoms with Crippen molar-refractivity contribution in [1.29, 1.82) is 0 Å². The molecule has 1 amide bonds. The van der Waals surface area contributed by atoms with Crippen LogP contribution in [-0.2, 0) is 4.79 Å². The van der Waals surface area contributed by atoms with Gasteiger partial charge in [0.05, 0.1) is 22.2 Å². The Morgan fingerprint density at radius 3 is 2.81 bits per heavy atom. The first-order valence-electron chi connectivity index (χ1n) is 9.51. The Labute approximate surface area is 162 Å². The predicted octanol–water partition coefficient (Wildman–Crippen LogP) is 5.21. The SMILES string of the molecule is CCOc1ccc2nc(NC(=O)C34C[C@H]5C[C@@H](CC(Cl)(C5)C3)C4)sc2c1. The van der Waals surface area contributed by atoms with E-state index >= 15 is 0 Å². The number of nitrogens with one attached hydrogen (secondary N) is 1. The minimum Gasteiger partial charge on any atom is -0.494 e. The summed E-state index contributed by atoms with van der Waals surface area (Å²) in [6.07, 6.45) is 6.22. The summed E-state index contributed by atoms with van der Waals surface area (Å²) in [5, 5.41) is 3.80. The first kappa shape index (κ1) is 16.8. The van der Waals surface area contributed by atoms with Gasteiger partial charge in [-0.25, -0.2) is 4.98 Å². The standard InChI is InChI=1S/C20H23ClN2O2S/c1-2-25-14-3-4-15-16(6-14)26-18(22-15)23-17(24)19-7-12-5-13(8-19)10-20(21,9-12)11-19/h3-4,6,12-13H,2,5,7-11H2,1H3,(H,22,23,24)/t12-,13-,19?,20?/m1/s1. The van der Waals surface area contributed by atoms with Crippen LogP contribution in [0.25, 0.3) is 10.2 Å². The highest BCUT2D eigenvalue weighted by Crippen LogP contribution is 2.64. The number of aromatic nitrogens is 1. The van der Waals surface area contributed by atoms with Gasteiger partial charge in [0.2, 0.25) is 5.91 Å². The number of nitrogens with zero attached hydrogens (tertiary/aromatic N) is 1. The van der Waals surface area contributed by atoms with Crippen LogP contribution >= 0.6 is 22.9 Å². The minimum absolute atomic E-state index is 0.126. The summed E-state index contributed by atoms with van der Waals surface area (Å²) >= 11 is 8.38. The summed E-state index contributed by atoms with van der Waals surface area (Å²) in [7, 11) is 0. The van der Waals surface area contributed by atoms with E-state index in [4.69, 9.17) is 16.3 Å². The fourth-order valence-corrected chi connectivity index (χ4v) is 7.44. The number of carbonyl (C=O) groups excluding carboxylic acids is 1. The van der Waals surface area contributed by atoms with Crippen molar-refractivity contribution in [2.75, 3.05) is 11.9 Å². The molecule has 0 spiro atoms. The molecular formula is C20H23ClN2O2S. The maximum atomic E-state index is 13.2. The van der Waals surface area contributed by atoms with Gasteiger partial charge in [0.25, 0.3) is 0 Å². The number of rotatable bonds is 4. The molecule has 6 rings (SSSR count). The molecule has 4 fully saturated rings. The molecule has 1 aromatic carbocycles. The molecule has 4 nitrogen and oxygen atoms in total. The van der Waals surface area contributed by atoms with Crippen LogP contribution in [0.5, 0.6) is 5.75 Å². The Morgan fingerprint density at radius 1 is 1.35 bits per heavy atom. The largest absolute Gasteiger partial charge is 0.494 e. The normalized spacial score (nSPS) is 35.0. The third-order valence-corrected chi connectivity index (χ3v) is 7.74. The number of ether oxygens (including phenoxy) is 1. The maximum absolute atomic E-state index is 13.2. The zero-order chi connectivity index (χ0) is 17.9. The van der Waals surface area contributed by atoms with Gasteiger partial charge >= 0.3 is 0 Å². The number of anilines is 1. The van der Waals surface area contributed by atoms with Crippen molar-refractivity contribution in [2.24, 2.45) is 17.3 Å². The Kier molecular flexibility index (Phi) is 3.77. The molecule has 2 aromatic rings. The molecule has 1 N–H and O–H groups in total. The molecule has 138 valence electrons. The zero-order valence-electron chi connectivity index (χ0n) is 14.9. The van der Waals surface area contributed by atoms with Crippen molar-refractivity contribution < 1.29 is 9.53 Å². The summed E-state index contributed by atoms with van der Waals surface area (Å²) in [4.78, 5) is 17.7. The summed E-state index contributed by atoms with van der Waals surface area (Å²) < 4.78 is 6.59. The van der Waals surface area contributed by atoms with E-state index in [1.165, 1.54) is 17.8 Å². The van der Waals surface area contributed by atoms with E-state index in [0.29, 0.717) is 23.6 Å². The topological polar surface area (TPSA) is 51.2 Å². The fourth-order valence-electron chi connectivity index (χ4n) is 5.86. The third-order valence-electron chi connectivity index (χ3n) is 6.36. The number of amides is 1. The third kappa shape index (κ3) is 2.71. The van der Waals surface area contributed by atoms with Crippen LogP contribution in [-0.4, -0.2) is 22.4 Å². The van der Waals surface area contributed by atoms with E-state index in [1.54, 1.807) is 0 Å². The van der Waals surface area contributed by atoms with Gasteiger partial charge in [-0.3, -0.25) is 4.79 Å². The molecule has 0 unspecified atom stereocenters. The van der Waals surface area contributed by atoms with Crippen molar-refractivity contribution in [3.63, 3.8) is 0 Å². The van der Waals surface area contributed by atoms with Crippen molar-refractivity contribution in [2.45, 2.75) is 50.3 Å². The van der Waals surface area contributed by atoms with Gasteiger partial charge in [0, 0.05) is 4.87 Å². The monoisotopic (exact) mass is 390 g/mol. The molecule has 6 heteroatoms. The van der Waals surface area contributed by atoms with Crippen LogP contribution in [0.2, 0.25) is 0 Å². The number of alkyl halides is 1. The van der Waals surface area contributed by atoms with Gasteiger partial charge in [-0.15, -0.1) is 11.6 Å². The van der Waals surface area contributed by atoms with Gasteiger partial charge in [-0.05, 0) is 75.5 Å². The maximum Gasteiger partial charge on any atom is 0.232 e. The molecular weight excluding hydrogens is 368 g/mol. The van der Waals surface area contributed by atoms with Crippen LogP contribution in [0.1, 0.15) is 45.4 Å². The van der Waals surface area contributed by atoms with Crippen molar-refractivity contribution in [3.8, 4) is 5.75 Å². The molecule has 1 heterocycles. The summed E-state index contributed by atoms with van der Waals surface area (Å²) in [5.41, 5.74) is 0.605. The van der Waals surface area contributed by atoms with Crippen LogP contribution in [0, 0.1) is 17.3 Å². The second kappa shape index (κ2) is 5.83. The smallest absolute Gasteiger partial charge is 0.232 e. The van der Waals surface area contributed by atoms with E-state index in [-0.39, 0.29) is 16.2 Å². The number of halogens is 1. The van der Waals surface area contributed by atoms with Gasteiger partial charge in [0.1, 0.15) is 5.75 Å². The summed E-state index contributed by atoms with van der Waals surface area (Å²) in [6, 6.07) is 5.86. The number of hydrogen-bond acceptors (Lipinski definition) is 4. The van der Waals surface area contributed by atoms with Gasteiger partial charge in [-0.2, -0.15) is 0 Å². The average molecular weight is 391 g/mol. The highest BCUT2D eigenvalue weighted by molar-refractivity contribution is 7.22. The lowest BCUT2D eigenvalue weighted by atomic mass is 9.49. The second-order valence-corrected chi connectivity index (χ2v) is 10.3. The minimum atomic E-state index is -0.291. The molecule has 0 aliphatic heterocycles. The fraction of sp³-hybridized carbons (Fsp3) is 0.600. The first-order chi connectivity index (χ1) is 12.5. The van der Waals surface area contributed by atoms with E-state index < -0.39 is 0 Å². The van der Waals surface area contributed by atoms with Crippen molar-refractivity contribution in [3.05, 3.63) is 18.2 Å². The molecule has 26 heavy (non-hydrogen) atoms. The van der Waals surface area contributed by atoms with Crippen LogP contribution in [0.3, 0.4) is 0 Å². The zero-order valence-corrected chi connectivity index (χ0v) is 16.5. The number of fused-ring (bicyclic) bond motifs is 1. The number of hydrogen-bond donors (Lipinski definition) is 1. The van der Waals surface area contributed by atoms with Gasteiger partial charge in [0.15, 0.2) is 5.13 Å². The molecule has 4 bridgehead atoms. The van der Waals surface area contributed by atoms with Crippen LogP contribution in [0.4, 0.5) is 5.13 Å². The Hall–Kier alpha value is -1.33. The molecule has 4 aliphatic carbocycles. The Balaban J connectivity index is 1.39. The van der Waals surface area contributed by atoms with E-state index in [9.17, 15) is 4.79 Å². The summed E-state index contributed by atoms with van der Waals surface area (Å²) in [5.74, 6) is 2.19. The molecule has 2 atom stereocenters. The number of benzene rings is 1.